The molecule has 132 valence electrons. The van der Waals surface area contributed by atoms with Gasteiger partial charge in [-0.15, -0.1) is 0 Å². The van der Waals surface area contributed by atoms with Crippen molar-refractivity contribution in [2.75, 3.05) is 20.2 Å². The molecule has 2 unspecified atom stereocenters. The zero-order valence-electron chi connectivity index (χ0n) is 14.2. The molecule has 2 aromatic carbocycles. The summed E-state index contributed by atoms with van der Waals surface area (Å²) in [5.41, 5.74) is 2.27. The highest BCUT2D eigenvalue weighted by atomic mass is 79.9. The molecule has 0 aromatic heterocycles. The van der Waals surface area contributed by atoms with Crippen LogP contribution in [0.3, 0.4) is 0 Å². The maximum Gasteiger partial charge on any atom is 0.307 e. The Labute approximate surface area is 156 Å². The fraction of sp³-hybridized carbons (Fsp3) is 0.350. The molecule has 5 heteroatoms. The van der Waals surface area contributed by atoms with E-state index >= 15 is 0 Å². The molecule has 0 radical (unpaired) electrons. The van der Waals surface area contributed by atoms with E-state index in [0.717, 1.165) is 40.7 Å². The number of piperidine rings is 1. The number of methoxy groups -OCH3 is 1. The first kappa shape index (κ1) is 18.0. The number of carbonyl (C=O) groups is 1. The van der Waals surface area contributed by atoms with Gasteiger partial charge in [-0.25, -0.2) is 0 Å². The fourth-order valence-electron chi connectivity index (χ4n) is 3.51. The van der Waals surface area contributed by atoms with E-state index in [1.165, 1.54) is 0 Å². The van der Waals surface area contributed by atoms with Crippen LogP contribution in [-0.4, -0.2) is 36.2 Å². The third-order valence-electron chi connectivity index (χ3n) is 4.76. The molecule has 0 saturated carbocycles. The van der Waals surface area contributed by atoms with E-state index in [9.17, 15) is 9.90 Å². The molecule has 1 aliphatic heterocycles. The molecule has 2 atom stereocenters. The van der Waals surface area contributed by atoms with Crippen molar-refractivity contribution >= 4 is 21.9 Å². The van der Waals surface area contributed by atoms with Crippen molar-refractivity contribution in [3.63, 3.8) is 0 Å². The number of carboxylic acids is 1. The number of aliphatic carboxylic acids is 1. The highest BCUT2D eigenvalue weighted by molar-refractivity contribution is 9.10. The highest BCUT2D eigenvalue weighted by Crippen LogP contribution is 2.34. The second-order valence-electron chi connectivity index (χ2n) is 6.40. The molecule has 0 spiro atoms. The minimum Gasteiger partial charge on any atom is -0.497 e. The van der Waals surface area contributed by atoms with E-state index in [4.69, 9.17) is 4.74 Å². The van der Waals surface area contributed by atoms with Crippen LogP contribution in [0.5, 0.6) is 5.75 Å². The average molecular weight is 404 g/mol. The van der Waals surface area contributed by atoms with Gasteiger partial charge in [0.25, 0.3) is 0 Å². The first-order valence-corrected chi connectivity index (χ1v) is 9.24. The van der Waals surface area contributed by atoms with Crippen LogP contribution in [0.1, 0.15) is 30.0 Å². The van der Waals surface area contributed by atoms with Gasteiger partial charge in [0.1, 0.15) is 5.75 Å². The average Bonchev–Trinajstić information content (AvgIpc) is 2.64. The van der Waals surface area contributed by atoms with Gasteiger partial charge in [-0.1, -0.05) is 40.2 Å². The molecule has 25 heavy (non-hydrogen) atoms. The van der Waals surface area contributed by atoms with Crippen LogP contribution >= 0.6 is 15.9 Å². The summed E-state index contributed by atoms with van der Waals surface area (Å²) in [6.45, 7) is 1.45. The summed E-state index contributed by atoms with van der Waals surface area (Å²) in [6, 6.07) is 16.3. The topological polar surface area (TPSA) is 49.8 Å². The zero-order chi connectivity index (χ0) is 17.8. The van der Waals surface area contributed by atoms with Crippen molar-refractivity contribution < 1.29 is 14.6 Å². The summed E-state index contributed by atoms with van der Waals surface area (Å²) in [5, 5.41) is 9.44. The summed E-state index contributed by atoms with van der Waals surface area (Å²) < 4.78 is 6.42. The van der Waals surface area contributed by atoms with Crippen molar-refractivity contribution in [2.45, 2.75) is 18.9 Å². The molecule has 0 bridgehead atoms. The largest absolute Gasteiger partial charge is 0.497 e. The molecule has 2 aromatic rings. The molecule has 1 N–H and O–H groups in total. The molecule has 1 fully saturated rings. The van der Waals surface area contributed by atoms with Gasteiger partial charge in [0.05, 0.1) is 19.1 Å². The number of likely N-dealkylation sites (tertiary alicyclic amines) is 1. The van der Waals surface area contributed by atoms with Crippen LogP contribution in [0.15, 0.2) is 53.0 Å². The molecule has 0 aliphatic carbocycles. The Morgan fingerprint density at radius 3 is 2.68 bits per heavy atom. The Morgan fingerprint density at radius 2 is 2.00 bits per heavy atom. The van der Waals surface area contributed by atoms with Crippen LogP contribution in [0, 0.1) is 5.92 Å². The molecule has 0 amide bonds. The fourth-order valence-corrected chi connectivity index (χ4v) is 3.78. The SMILES string of the molecule is COc1cccc(C(c2ccc(Br)cc2)N2CCCC(C(=O)O)C2)c1. The second-order valence-corrected chi connectivity index (χ2v) is 7.32. The van der Waals surface area contributed by atoms with E-state index in [-0.39, 0.29) is 12.0 Å². The smallest absolute Gasteiger partial charge is 0.307 e. The molecule has 1 heterocycles. The lowest BCUT2D eigenvalue weighted by atomic mass is 9.91. The van der Waals surface area contributed by atoms with E-state index in [0.29, 0.717) is 6.54 Å². The van der Waals surface area contributed by atoms with Crippen molar-refractivity contribution in [3.05, 3.63) is 64.1 Å². The third-order valence-corrected chi connectivity index (χ3v) is 5.29. The minimum absolute atomic E-state index is 0.0188. The maximum atomic E-state index is 11.5. The monoisotopic (exact) mass is 403 g/mol. The number of rotatable bonds is 5. The summed E-state index contributed by atoms with van der Waals surface area (Å²) in [6.07, 6.45) is 1.64. The Morgan fingerprint density at radius 1 is 1.24 bits per heavy atom. The van der Waals surface area contributed by atoms with Gasteiger partial charge in [0, 0.05) is 11.0 Å². The summed E-state index contributed by atoms with van der Waals surface area (Å²) >= 11 is 3.49. The van der Waals surface area contributed by atoms with Gasteiger partial charge in [-0.2, -0.15) is 0 Å². The quantitative estimate of drug-likeness (QED) is 0.806. The van der Waals surface area contributed by atoms with Crippen LogP contribution in [0.2, 0.25) is 0 Å². The van der Waals surface area contributed by atoms with Crippen molar-refractivity contribution in [1.29, 1.82) is 0 Å². The standard InChI is InChI=1S/C20H22BrNO3/c1-25-18-6-2-4-15(12-18)19(14-7-9-17(21)10-8-14)22-11-3-5-16(13-22)20(23)24/h2,4,6-10,12,16,19H,3,5,11,13H2,1H3,(H,23,24). The number of ether oxygens (including phenoxy) is 1. The second kappa shape index (κ2) is 8.02. The number of carboxylic acid groups (broad SMARTS) is 1. The number of hydrogen-bond acceptors (Lipinski definition) is 3. The van der Waals surface area contributed by atoms with Gasteiger partial charge in [-0.05, 0) is 54.8 Å². The predicted molar refractivity (Wildman–Crippen MR) is 101 cm³/mol. The van der Waals surface area contributed by atoms with Crippen molar-refractivity contribution in [3.8, 4) is 5.75 Å². The normalized spacial score (nSPS) is 19.4. The molecule has 1 aliphatic rings. The first-order chi connectivity index (χ1) is 12.1. The highest BCUT2D eigenvalue weighted by Gasteiger charge is 2.31. The van der Waals surface area contributed by atoms with Gasteiger partial charge in [0.2, 0.25) is 0 Å². The number of hydrogen-bond donors (Lipinski definition) is 1. The minimum atomic E-state index is -0.704. The molecule has 1 saturated heterocycles. The maximum absolute atomic E-state index is 11.5. The zero-order valence-corrected chi connectivity index (χ0v) is 15.8. The molecular formula is C20H22BrNO3. The lowest BCUT2D eigenvalue weighted by molar-refractivity contribution is -0.143. The van der Waals surface area contributed by atoms with E-state index < -0.39 is 5.97 Å². The Hall–Kier alpha value is -1.85. The van der Waals surface area contributed by atoms with E-state index in [1.807, 2.05) is 30.3 Å². The lowest BCUT2D eigenvalue weighted by Crippen LogP contribution is -2.41. The molecule has 3 rings (SSSR count). The lowest BCUT2D eigenvalue weighted by Gasteiger charge is -2.37. The first-order valence-electron chi connectivity index (χ1n) is 8.44. The van der Waals surface area contributed by atoms with Crippen LogP contribution in [0.25, 0.3) is 0 Å². The van der Waals surface area contributed by atoms with Crippen molar-refractivity contribution in [1.82, 2.24) is 4.90 Å². The summed E-state index contributed by atoms with van der Waals surface area (Å²) in [7, 11) is 1.66. The van der Waals surface area contributed by atoms with Gasteiger partial charge < -0.3 is 9.84 Å². The van der Waals surface area contributed by atoms with Crippen molar-refractivity contribution in [2.24, 2.45) is 5.92 Å². The van der Waals surface area contributed by atoms with Gasteiger partial charge in [0.15, 0.2) is 0 Å². The predicted octanol–water partition coefficient (Wildman–Crippen LogP) is 4.34. The Balaban J connectivity index is 1.99. The number of nitrogens with zero attached hydrogens (tertiary/aromatic N) is 1. The van der Waals surface area contributed by atoms with Gasteiger partial charge in [-0.3, -0.25) is 9.69 Å². The summed E-state index contributed by atoms with van der Waals surface area (Å²) in [5.74, 6) is -0.200. The molecule has 4 nitrogen and oxygen atoms in total. The third kappa shape index (κ3) is 4.22. The van der Waals surface area contributed by atoms with E-state index in [1.54, 1.807) is 7.11 Å². The number of benzene rings is 2. The molecular weight excluding hydrogens is 382 g/mol. The van der Waals surface area contributed by atoms with Crippen LogP contribution < -0.4 is 4.74 Å². The summed E-state index contributed by atoms with van der Waals surface area (Å²) in [4.78, 5) is 13.8. The Kier molecular flexibility index (Phi) is 5.76. The van der Waals surface area contributed by atoms with Gasteiger partial charge >= 0.3 is 5.97 Å². The number of halogens is 1. The van der Waals surface area contributed by atoms with Crippen LogP contribution in [-0.2, 0) is 4.79 Å². The Bertz CT molecular complexity index is 732. The van der Waals surface area contributed by atoms with Crippen LogP contribution in [0.4, 0.5) is 0 Å². The van der Waals surface area contributed by atoms with E-state index in [2.05, 4.69) is 39.0 Å².